The highest BCUT2D eigenvalue weighted by Crippen LogP contribution is 2.20. The van der Waals surface area contributed by atoms with Crippen molar-refractivity contribution in [3.63, 3.8) is 0 Å². The lowest BCUT2D eigenvalue weighted by Crippen LogP contribution is -2.24. The van der Waals surface area contributed by atoms with Gasteiger partial charge in [0.15, 0.2) is 0 Å². The summed E-state index contributed by atoms with van der Waals surface area (Å²) in [7, 11) is 3.33. The van der Waals surface area contributed by atoms with E-state index in [-0.39, 0.29) is 0 Å². The fourth-order valence-electron chi connectivity index (χ4n) is 2.73. The third-order valence-electron chi connectivity index (χ3n) is 4.22. The summed E-state index contributed by atoms with van der Waals surface area (Å²) in [4.78, 5) is 11.2. The van der Waals surface area contributed by atoms with Crippen LogP contribution in [0.25, 0.3) is 6.08 Å². The standard InChI is InChI=1S/C22H23N3O2/c1-4-19-13-14-23-22(24-19)25(15-17-5-9-20(26-2)10-6-17)16-18-7-11-21(27-3)12-8-18/h4-14H,1,15-16H2,2-3H3. The number of hydrogen-bond donors (Lipinski definition) is 0. The van der Waals surface area contributed by atoms with E-state index in [4.69, 9.17) is 9.47 Å². The molecule has 0 amide bonds. The average Bonchev–Trinajstić information content (AvgIpc) is 2.74. The molecule has 5 nitrogen and oxygen atoms in total. The second-order valence-electron chi connectivity index (χ2n) is 6.04. The van der Waals surface area contributed by atoms with Crippen LogP contribution in [0.2, 0.25) is 0 Å². The number of nitrogens with zero attached hydrogens (tertiary/aromatic N) is 3. The first-order valence-electron chi connectivity index (χ1n) is 8.68. The lowest BCUT2D eigenvalue weighted by atomic mass is 10.1. The van der Waals surface area contributed by atoms with Crippen LogP contribution in [0.3, 0.4) is 0 Å². The molecular formula is C22H23N3O2. The van der Waals surface area contributed by atoms with Crippen LogP contribution in [0, 0.1) is 0 Å². The van der Waals surface area contributed by atoms with Crippen LogP contribution in [0.15, 0.2) is 67.4 Å². The maximum atomic E-state index is 5.25. The molecule has 0 aliphatic carbocycles. The van der Waals surface area contributed by atoms with Gasteiger partial charge in [-0.3, -0.25) is 0 Å². The molecule has 0 radical (unpaired) electrons. The number of aromatic nitrogens is 2. The summed E-state index contributed by atoms with van der Waals surface area (Å²) in [6.45, 7) is 5.16. The maximum absolute atomic E-state index is 5.25. The normalized spacial score (nSPS) is 10.3. The van der Waals surface area contributed by atoms with E-state index in [9.17, 15) is 0 Å². The van der Waals surface area contributed by atoms with Crippen molar-refractivity contribution in [1.29, 1.82) is 0 Å². The number of hydrogen-bond acceptors (Lipinski definition) is 5. The molecule has 0 bridgehead atoms. The van der Waals surface area contributed by atoms with E-state index in [2.05, 4.69) is 45.7 Å². The minimum atomic E-state index is 0.666. The first-order valence-corrected chi connectivity index (χ1v) is 8.68. The zero-order chi connectivity index (χ0) is 19.1. The van der Waals surface area contributed by atoms with Crippen LogP contribution >= 0.6 is 0 Å². The monoisotopic (exact) mass is 361 g/mol. The first kappa shape index (κ1) is 18.5. The molecule has 0 atom stereocenters. The second kappa shape index (κ2) is 8.85. The van der Waals surface area contributed by atoms with Gasteiger partial charge in [-0.25, -0.2) is 9.97 Å². The first-order chi connectivity index (χ1) is 13.2. The van der Waals surface area contributed by atoms with Crippen molar-refractivity contribution in [2.45, 2.75) is 13.1 Å². The number of rotatable bonds is 8. The predicted octanol–water partition coefficient (Wildman–Crippen LogP) is 4.34. The van der Waals surface area contributed by atoms with Crippen molar-refractivity contribution in [2.75, 3.05) is 19.1 Å². The highest BCUT2D eigenvalue weighted by molar-refractivity contribution is 5.45. The summed E-state index contributed by atoms with van der Waals surface area (Å²) < 4.78 is 10.5. The Kier molecular flexibility index (Phi) is 6.05. The molecule has 3 aromatic rings. The molecule has 138 valence electrons. The van der Waals surface area contributed by atoms with Crippen LogP contribution in [0.1, 0.15) is 16.8 Å². The summed E-state index contributed by atoms with van der Waals surface area (Å²) in [6, 6.07) is 17.9. The molecular weight excluding hydrogens is 338 g/mol. The van der Waals surface area contributed by atoms with E-state index < -0.39 is 0 Å². The summed E-state index contributed by atoms with van der Waals surface area (Å²) >= 11 is 0. The Morgan fingerprint density at radius 1 is 0.852 bits per heavy atom. The zero-order valence-corrected chi connectivity index (χ0v) is 15.6. The van der Waals surface area contributed by atoms with Crippen molar-refractivity contribution in [3.8, 4) is 11.5 Å². The lowest BCUT2D eigenvalue weighted by Gasteiger charge is -2.23. The maximum Gasteiger partial charge on any atom is 0.226 e. The van der Waals surface area contributed by atoms with Gasteiger partial charge in [-0.1, -0.05) is 30.8 Å². The Morgan fingerprint density at radius 2 is 1.37 bits per heavy atom. The molecule has 5 heteroatoms. The van der Waals surface area contributed by atoms with Gasteiger partial charge in [0.25, 0.3) is 0 Å². The van der Waals surface area contributed by atoms with Gasteiger partial charge in [0, 0.05) is 19.3 Å². The van der Waals surface area contributed by atoms with Crippen molar-refractivity contribution in [1.82, 2.24) is 9.97 Å². The summed E-state index contributed by atoms with van der Waals surface area (Å²) in [6.07, 6.45) is 3.48. The third-order valence-corrected chi connectivity index (χ3v) is 4.22. The predicted molar refractivity (Wildman–Crippen MR) is 108 cm³/mol. The Bertz CT molecular complexity index is 827. The van der Waals surface area contributed by atoms with Crippen LogP contribution < -0.4 is 14.4 Å². The van der Waals surface area contributed by atoms with Gasteiger partial charge in [0.1, 0.15) is 11.5 Å². The minimum Gasteiger partial charge on any atom is -0.497 e. The van der Waals surface area contributed by atoms with Crippen molar-refractivity contribution in [3.05, 3.63) is 84.2 Å². The van der Waals surface area contributed by atoms with E-state index in [1.165, 1.54) is 0 Å². The van der Waals surface area contributed by atoms with Crippen LogP contribution in [-0.2, 0) is 13.1 Å². The topological polar surface area (TPSA) is 47.5 Å². The van der Waals surface area contributed by atoms with Gasteiger partial charge in [-0.2, -0.15) is 0 Å². The summed E-state index contributed by atoms with van der Waals surface area (Å²) in [5, 5.41) is 0. The van der Waals surface area contributed by atoms with Crippen molar-refractivity contribution >= 4 is 12.0 Å². The zero-order valence-electron chi connectivity index (χ0n) is 15.6. The molecule has 0 aliphatic heterocycles. The number of benzene rings is 2. The van der Waals surface area contributed by atoms with Gasteiger partial charge in [-0.15, -0.1) is 0 Å². The molecule has 0 unspecified atom stereocenters. The average molecular weight is 361 g/mol. The SMILES string of the molecule is C=Cc1ccnc(N(Cc2ccc(OC)cc2)Cc2ccc(OC)cc2)n1. The van der Waals surface area contributed by atoms with Crippen LogP contribution in [0.4, 0.5) is 5.95 Å². The fraction of sp³-hybridized carbons (Fsp3) is 0.182. The Labute approximate surface area is 159 Å². The molecule has 3 rings (SSSR count). The molecule has 0 aliphatic rings. The molecule has 2 aromatic carbocycles. The summed E-state index contributed by atoms with van der Waals surface area (Å²) in [5.74, 6) is 2.34. The molecule has 1 aromatic heterocycles. The largest absolute Gasteiger partial charge is 0.497 e. The smallest absolute Gasteiger partial charge is 0.226 e. The van der Waals surface area contributed by atoms with Crippen LogP contribution in [0.5, 0.6) is 11.5 Å². The van der Waals surface area contributed by atoms with E-state index >= 15 is 0 Å². The number of anilines is 1. The Hall–Kier alpha value is -3.34. The van der Waals surface area contributed by atoms with Gasteiger partial charge >= 0.3 is 0 Å². The highest BCUT2D eigenvalue weighted by Gasteiger charge is 2.12. The highest BCUT2D eigenvalue weighted by atomic mass is 16.5. The van der Waals surface area contributed by atoms with Gasteiger partial charge in [0.05, 0.1) is 19.9 Å². The molecule has 0 saturated carbocycles. The summed E-state index contributed by atoms with van der Waals surface area (Å²) in [5.41, 5.74) is 3.10. The Balaban J connectivity index is 1.87. The molecule has 0 saturated heterocycles. The van der Waals surface area contributed by atoms with E-state index in [0.29, 0.717) is 19.0 Å². The van der Waals surface area contributed by atoms with Gasteiger partial charge in [-0.05, 0) is 47.5 Å². The number of methoxy groups -OCH3 is 2. The number of ether oxygens (including phenoxy) is 2. The van der Waals surface area contributed by atoms with Crippen molar-refractivity contribution < 1.29 is 9.47 Å². The van der Waals surface area contributed by atoms with E-state index in [0.717, 1.165) is 28.3 Å². The van der Waals surface area contributed by atoms with E-state index in [1.54, 1.807) is 26.5 Å². The second-order valence-corrected chi connectivity index (χ2v) is 6.04. The van der Waals surface area contributed by atoms with Gasteiger partial charge in [0.2, 0.25) is 5.95 Å². The minimum absolute atomic E-state index is 0.666. The van der Waals surface area contributed by atoms with E-state index in [1.807, 2.05) is 30.3 Å². The van der Waals surface area contributed by atoms with Crippen molar-refractivity contribution in [2.24, 2.45) is 0 Å². The molecule has 1 heterocycles. The Morgan fingerprint density at radius 3 is 1.81 bits per heavy atom. The fourth-order valence-corrected chi connectivity index (χ4v) is 2.73. The third kappa shape index (κ3) is 4.85. The van der Waals surface area contributed by atoms with Crippen LogP contribution in [-0.4, -0.2) is 24.2 Å². The quantitative estimate of drug-likeness (QED) is 0.597. The van der Waals surface area contributed by atoms with Gasteiger partial charge < -0.3 is 14.4 Å². The molecule has 27 heavy (non-hydrogen) atoms. The molecule has 0 fully saturated rings. The molecule has 0 spiro atoms. The molecule has 0 N–H and O–H groups in total. The lowest BCUT2D eigenvalue weighted by molar-refractivity contribution is 0.414.